The summed E-state index contributed by atoms with van der Waals surface area (Å²) in [4.78, 5) is 23.3. The number of halogens is 3. The number of ether oxygens (including phenoxy) is 1. The molecule has 0 bridgehead atoms. The second-order valence-corrected chi connectivity index (χ2v) is 7.77. The lowest BCUT2D eigenvalue weighted by Crippen LogP contribution is -2.36. The molecule has 1 amide bonds. The zero-order valence-corrected chi connectivity index (χ0v) is 17.3. The van der Waals surface area contributed by atoms with E-state index in [9.17, 15) is 22.8 Å². The number of Topliss-reactive ketones (excluding diaryl/α,β-unsaturated/α-hetero) is 1. The van der Waals surface area contributed by atoms with Crippen molar-refractivity contribution in [2.24, 2.45) is 0 Å². The maximum Gasteiger partial charge on any atom is 0.416 e. The first-order chi connectivity index (χ1) is 14.0. The summed E-state index contributed by atoms with van der Waals surface area (Å²) in [5.41, 5.74) is -0.237. The van der Waals surface area contributed by atoms with Crippen LogP contribution in [0.2, 0.25) is 0 Å². The fourth-order valence-electron chi connectivity index (χ4n) is 2.84. The highest BCUT2D eigenvalue weighted by molar-refractivity contribution is 5.94. The topological polar surface area (TPSA) is 55.4 Å². The van der Waals surface area contributed by atoms with Crippen LogP contribution in [0.3, 0.4) is 0 Å². The van der Waals surface area contributed by atoms with E-state index in [0.29, 0.717) is 29.9 Å². The van der Waals surface area contributed by atoms with Crippen LogP contribution >= 0.6 is 0 Å². The molecule has 0 saturated heterocycles. The fraction of sp³-hybridized carbons (Fsp3) is 0.391. The van der Waals surface area contributed by atoms with Gasteiger partial charge in [-0.2, -0.15) is 13.2 Å². The molecule has 2 aromatic carbocycles. The molecular weight excluding hydrogens is 395 g/mol. The van der Waals surface area contributed by atoms with Crippen LogP contribution in [-0.2, 0) is 16.4 Å². The third kappa shape index (κ3) is 6.90. The number of benzene rings is 2. The van der Waals surface area contributed by atoms with Gasteiger partial charge in [0.15, 0.2) is 5.78 Å². The summed E-state index contributed by atoms with van der Waals surface area (Å²) in [6, 6.07) is 11.9. The quantitative estimate of drug-likeness (QED) is 0.449. The van der Waals surface area contributed by atoms with E-state index < -0.39 is 17.2 Å². The van der Waals surface area contributed by atoms with Gasteiger partial charge in [0.05, 0.1) is 12.2 Å². The van der Waals surface area contributed by atoms with E-state index >= 15 is 0 Å². The summed E-state index contributed by atoms with van der Waals surface area (Å²) in [6.45, 7) is 5.63. The second kappa shape index (κ2) is 9.78. The minimum Gasteiger partial charge on any atom is -0.494 e. The van der Waals surface area contributed by atoms with Gasteiger partial charge in [-0.25, -0.2) is 0 Å². The van der Waals surface area contributed by atoms with Crippen LogP contribution in [0.15, 0.2) is 48.5 Å². The Hall–Kier alpha value is -2.83. The zero-order valence-electron chi connectivity index (χ0n) is 17.3. The SMILES string of the molecule is CC(=O)c1ccc(OCCCC(=O)NCC(C)(C)c2cccc(C(F)(F)F)c2)cc1. The third-order valence-corrected chi connectivity index (χ3v) is 4.78. The maximum absolute atomic E-state index is 12.9. The predicted molar refractivity (Wildman–Crippen MR) is 109 cm³/mol. The number of hydrogen-bond donors (Lipinski definition) is 1. The summed E-state index contributed by atoms with van der Waals surface area (Å²) < 4.78 is 44.3. The lowest BCUT2D eigenvalue weighted by Gasteiger charge is -2.26. The number of hydrogen-bond acceptors (Lipinski definition) is 3. The van der Waals surface area contributed by atoms with Gasteiger partial charge in [0, 0.05) is 23.9 Å². The lowest BCUT2D eigenvalue weighted by molar-refractivity contribution is -0.137. The van der Waals surface area contributed by atoms with Crippen LogP contribution in [0.4, 0.5) is 13.2 Å². The summed E-state index contributed by atoms with van der Waals surface area (Å²) in [6.07, 6.45) is -3.67. The van der Waals surface area contributed by atoms with Gasteiger partial charge in [-0.3, -0.25) is 9.59 Å². The van der Waals surface area contributed by atoms with Crippen molar-refractivity contribution in [1.29, 1.82) is 0 Å². The smallest absolute Gasteiger partial charge is 0.416 e. The molecule has 1 N–H and O–H groups in total. The molecule has 0 aromatic heterocycles. The summed E-state index contributed by atoms with van der Waals surface area (Å²) in [7, 11) is 0. The Morgan fingerprint density at radius 2 is 1.63 bits per heavy atom. The Bertz CT molecular complexity index is 874. The molecule has 0 saturated carbocycles. The van der Waals surface area contributed by atoms with E-state index in [1.165, 1.54) is 13.0 Å². The van der Waals surface area contributed by atoms with Crippen LogP contribution in [0, 0.1) is 0 Å². The van der Waals surface area contributed by atoms with Gasteiger partial charge in [0.1, 0.15) is 5.75 Å². The molecule has 0 spiro atoms. The zero-order chi connectivity index (χ0) is 22.4. The molecule has 162 valence electrons. The second-order valence-electron chi connectivity index (χ2n) is 7.77. The Kier molecular flexibility index (Phi) is 7.65. The molecule has 0 atom stereocenters. The minimum absolute atomic E-state index is 0.0220. The molecule has 7 heteroatoms. The van der Waals surface area contributed by atoms with E-state index in [2.05, 4.69) is 5.32 Å². The number of nitrogens with one attached hydrogen (secondary N) is 1. The van der Waals surface area contributed by atoms with Gasteiger partial charge in [0.25, 0.3) is 0 Å². The van der Waals surface area contributed by atoms with Crippen LogP contribution in [0.1, 0.15) is 55.1 Å². The average Bonchev–Trinajstić information content (AvgIpc) is 2.69. The first-order valence-electron chi connectivity index (χ1n) is 9.67. The highest BCUT2D eigenvalue weighted by Crippen LogP contribution is 2.32. The van der Waals surface area contributed by atoms with Crippen molar-refractivity contribution in [3.8, 4) is 5.75 Å². The van der Waals surface area contributed by atoms with E-state index in [4.69, 9.17) is 4.74 Å². The van der Waals surface area contributed by atoms with Crippen LogP contribution in [0.5, 0.6) is 5.75 Å². The number of rotatable bonds is 9. The van der Waals surface area contributed by atoms with Gasteiger partial charge in [-0.1, -0.05) is 32.0 Å². The molecule has 2 rings (SSSR count). The largest absolute Gasteiger partial charge is 0.494 e. The summed E-state index contributed by atoms with van der Waals surface area (Å²) >= 11 is 0. The first-order valence-corrected chi connectivity index (χ1v) is 9.67. The Balaban J connectivity index is 1.77. The van der Waals surface area contributed by atoms with Crippen molar-refractivity contribution < 1.29 is 27.5 Å². The molecule has 4 nitrogen and oxygen atoms in total. The van der Waals surface area contributed by atoms with Crippen LogP contribution < -0.4 is 10.1 Å². The Labute approximate surface area is 174 Å². The molecule has 0 heterocycles. The van der Waals surface area contributed by atoms with Gasteiger partial charge in [-0.05, 0) is 49.2 Å². The Morgan fingerprint density at radius 3 is 2.23 bits per heavy atom. The van der Waals surface area contributed by atoms with Crippen molar-refractivity contribution in [2.75, 3.05) is 13.2 Å². The van der Waals surface area contributed by atoms with Crippen molar-refractivity contribution in [1.82, 2.24) is 5.32 Å². The van der Waals surface area contributed by atoms with Gasteiger partial charge >= 0.3 is 6.18 Å². The third-order valence-electron chi connectivity index (χ3n) is 4.78. The van der Waals surface area contributed by atoms with Gasteiger partial charge < -0.3 is 10.1 Å². The number of amides is 1. The highest BCUT2D eigenvalue weighted by Gasteiger charge is 2.32. The van der Waals surface area contributed by atoms with Crippen LogP contribution in [0.25, 0.3) is 0 Å². The van der Waals surface area contributed by atoms with E-state index in [1.807, 2.05) is 0 Å². The van der Waals surface area contributed by atoms with E-state index in [-0.39, 0.29) is 24.7 Å². The van der Waals surface area contributed by atoms with E-state index in [0.717, 1.165) is 12.1 Å². The number of ketones is 1. The number of alkyl halides is 3. The number of carbonyl (C=O) groups is 2. The molecule has 0 unspecified atom stereocenters. The fourth-order valence-corrected chi connectivity index (χ4v) is 2.84. The average molecular weight is 421 g/mol. The van der Waals surface area contributed by atoms with E-state index in [1.54, 1.807) is 44.2 Å². The normalized spacial score (nSPS) is 11.8. The van der Waals surface area contributed by atoms with Crippen molar-refractivity contribution >= 4 is 11.7 Å². The molecular formula is C23H26F3NO3. The molecule has 0 radical (unpaired) electrons. The minimum atomic E-state index is -4.40. The van der Waals surface area contributed by atoms with Crippen molar-refractivity contribution in [2.45, 2.75) is 45.2 Å². The molecule has 30 heavy (non-hydrogen) atoms. The summed E-state index contributed by atoms with van der Waals surface area (Å²) in [5.74, 6) is 0.406. The van der Waals surface area contributed by atoms with Crippen LogP contribution in [-0.4, -0.2) is 24.8 Å². The standard InChI is InChI=1S/C23H26F3NO3/c1-16(28)17-9-11-20(12-10-17)30-13-5-8-21(29)27-15-22(2,3)18-6-4-7-19(14-18)23(24,25)26/h4,6-7,9-12,14H,5,8,13,15H2,1-3H3,(H,27,29). The lowest BCUT2D eigenvalue weighted by atomic mass is 9.83. The monoisotopic (exact) mass is 421 g/mol. The van der Waals surface area contributed by atoms with Gasteiger partial charge in [-0.15, -0.1) is 0 Å². The summed E-state index contributed by atoms with van der Waals surface area (Å²) in [5, 5.41) is 2.78. The molecule has 0 aliphatic carbocycles. The molecule has 2 aromatic rings. The number of carbonyl (C=O) groups excluding carboxylic acids is 2. The first kappa shape index (κ1) is 23.4. The maximum atomic E-state index is 12.9. The predicted octanol–water partition coefficient (Wildman–Crippen LogP) is 5.16. The molecule has 0 fully saturated rings. The van der Waals surface area contributed by atoms with Gasteiger partial charge in [0.2, 0.25) is 5.91 Å². The molecule has 0 aliphatic rings. The highest BCUT2D eigenvalue weighted by atomic mass is 19.4. The van der Waals surface area contributed by atoms with Crippen molar-refractivity contribution in [3.63, 3.8) is 0 Å². The Morgan fingerprint density at radius 1 is 1.00 bits per heavy atom. The van der Waals surface area contributed by atoms with Crippen molar-refractivity contribution in [3.05, 3.63) is 65.2 Å². The molecule has 0 aliphatic heterocycles.